The minimum absolute atomic E-state index is 0.0675. The van der Waals surface area contributed by atoms with E-state index < -0.39 is 41.8 Å². The first-order valence-corrected chi connectivity index (χ1v) is 10.7. The van der Waals surface area contributed by atoms with Crippen LogP contribution in [0.1, 0.15) is 31.9 Å². The van der Waals surface area contributed by atoms with Gasteiger partial charge in [-0.25, -0.2) is 4.79 Å². The van der Waals surface area contributed by atoms with Crippen LogP contribution in [-0.4, -0.2) is 42.8 Å². The molecule has 1 atom stereocenters. The van der Waals surface area contributed by atoms with E-state index in [0.717, 1.165) is 21.8 Å². The Labute approximate surface area is 196 Å². The zero-order valence-electron chi connectivity index (χ0n) is 19.3. The Morgan fingerprint density at radius 2 is 1.74 bits per heavy atom. The normalized spacial score (nSPS) is 22.4. The molecule has 2 aliphatic heterocycles. The van der Waals surface area contributed by atoms with Crippen molar-refractivity contribution in [2.24, 2.45) is 0 Å². The standard InChI is InChI=1S/C25H25F2N3O4/c1-24(2)18-7-5-6-8-19(18)29(4)20(24)13-16(31)14-30-21(32)25(3,28-23(30)33)15-9-11-17(12-10-15)34-22(26)27/h5-13,22H,14H2,1-4H3,(H,28,33)/b20-13-. The number of nitrogens with one attached hydrogen (secondary N) is 1. The number of benzene rings is 2. The number of rotatable bonds is 6. The fraction of sp³-hybridized carbons (Fsp3) is 0.320. The topological polar surface area (TPSA) is 79.0 Å². The average molecular weight is 469 g/mol. The van der Waals surface area contributed by atoms with Gasteiger partial charge >= 0.3 is 12.6 Å². The Balaban J connectivity index is 1.53. The molecule has 1 unspecified atom stereocenters. The van der Waals surface area contributed by atoms with Gasteiger partial charge in [-0.05, 0) is 36.2 Å². The SMILES string of the molecule is CN1/C(=C\C(=O)CN2C(=O)NC(C)(c3ccc(OC(F)F)cc3)C2=O)C(C)(C)c2ccccc21. The summed E-state index contributed by atoms with van der Waals surface area (Å²) >= 11 is 0. The lowest BCUT2D eigenvalue weighted by Crippen LogP contribution is -2.41. The van der Waals surface area contributed by atoms with Crippen LogP contribution in [0.25, 0.3) is 0 Å². The van der Waals surface area contributed by atoms with Crippen LogP contribution in [0.15, 0.2) is 60.3 Å². The Morgan fingerprint density at radius 1 is 1.09 bits per heavy atom. The summed E-state index contributed by atoms with van der Waals surface area (Å²) in [5.74, 6) is -1.06. The van der Waals surface area contributed by atoms with Crippen molar-refractivity contribution >= 4 is 23.4 Å². The van der Waals surface area contributed by atoms with Crippen molar-refractivity contribution in [3.05, 3.63) is 71.4 Å². The van der Waals surface area contributed by atoms with E-state index in [9.17, 15) is 23.2 Å². The van der Waals surface area contributed by atoms with Crippen molar-refractivity contribution in [1.82, 2.24) is 10.2 Å². The number of likely N-dealkylation sites (N-methyl/N-ethyl adjacent to an activating group) is 1. The fourth-order valence-electron chi connectivity index (χ4n) is 4.62. The maximum atomic E-state index is 13.2. The van der Waals surface area contributed by atoms with Crippen LogP contribution < -0.4 is 15.0 Å². The number of carbonyl (C=O) groups excluding carboxylic acids is 3. The third-order valence-corrected chi connectivity index (χ3v) is 6.48. The van der Waals surface area contributed by atoms with Crippen molar-refractivity contribution in [1.29, 1.82) is 0 Å². The summed E-state index contributed by atoms with van der Waals surface area (Å²) in [6.45, 7) is 2.14. The molecule has 2 heterocycles. The highest BCUT2D eigenvalue weighted by atomic mass is 19.3. The Kier molecular flexibility index (Phi) is 5.67. The number of ether oxygens (including phenoxy) is 1. The number of amides is 3. The van der Waals surface area contributed by atoms with Gasteiger partial charge in [0.05, 0.1) is 6.54 Å². The van der Waals surface area contributed by atoms with Crippen LogP contribution in [0.4, 0.5) is 19.3 Å². The van der Waals surface area contributed by atoms with Crippen LogP contribution in [0.2, 0.25) is 0 Å². The van der Waals surface area contributed by atoms with E-state index >= 15 is 0 Å². The highest BCUT2D eigenvalue weighted by Crippen LogP contribution is 2.46. The molecule has 0 aliphatic carbocycles. The van der Waals surface area contributed by atoms with Gasteiger partial charge in [0.2, 0.25) is 0 Å². The van der Waals surface area contributed by atoms with Crippen LogP contribution >= 0.6 is 0 Å². The number of ketones is 1. The highest BCUT2D eigenvalue weighted by Gasteiger charge is 2.49. The molecule has 1 fully saturated rings. The first-order chi connectivity index (χ1) is 15.9. The molecule has 3 amide bonds. The monoisotopic (exact) mass is 469 g/mol. The predicted octanol–water partition coefficient (Wildman–Crippen LogP) is 3.94. The van der Waals surface area contributed by atoms with Gasteiger partial charge in [0, 0.05) is 29.9 Å². The number of alkyl halides is 2. The van der Waals surface area contributed by atoms with Gasteiger partial charge in [-0.1, -0.05) is 44.2 Å². The number of carbonyl (C=O) groups is 3. The number of halogens is 2. The van der Waals surface area contributed by atoms with Gasteiger partial charge in [-0.15, -0.1) is 0 Å². The van der Waals surface area contributed by atoms with Gasteiger partial charge in [0.1, 0.15) is 11.3 Å². The van der Waals surface area contributed by atoms with E-state index in [-0.39, 0.29) is 5.75 Å². The molecule has 1 saturated heterocycles. The summed E-state index contributed by atoms with van der Waals surface area (Å²) in [4.78, 5) is 41.5. The summed E-state index contributed by atoms with van der Waals surface area (Å²) in [5.41, 5.74) is 1.37. The Morgan fingerprint density at radius 3 is 2.35 bits per heavy atom. The quantitative estimate of drug-likeness (QED) is 0.512. The molecular formula is C25H25F2N3O4. The molecule has 34 heavy (non-hydrogen) atoms. The number of anilines is 1. The van der Waals surface area contributed by atoms with Crippen molar-refractivity contribution in [3.63, 3.8) is 0 Å². The van der Waals surface area contributed by atoms with Crippen molar-refractivity contribution in [3.8, 4) is 5.75 Å². The molecule has 0 aromatic heterocycles. The van der Waals surface area contributed by atoms with Crippen molar-refractivity contribution < 1.29 is 27.9 Å². The van der Waals surface area contributed by atoms with Crippen LogP contribution in [0.3, 0.4) is 0 Å². The molecule has 0 bridgehead atoms. The second kappa shape index (κ2) is 8.23. The Bertz CT molecular complexity index is 1190. The summed E-state index contributed by atoms with van der Waals surface area (Å²) in [6.07, 6.45) is 1.48. The minimum Gasteiger partial charge on any atom is -0.435 e. The Hall–Kier alpha value is -3.75. The van der Waals surface area contributed by atoms with Crippen LogP contribution in [-0.2, 0) is 20.5 Å². The summed E-state index contributed by atoms with van der Waals surface area (Å²) < 4.78 is 29.1. The van der Waals surface area contributed by atoms with E-state index in [1.807, 2.05) is 50.1 Å². The van der Waals surface area contributed by atoms with Crippen molar-refractivity contribution in [2.45, 2.75) is 38.3 Å². The second-order valence-corrected chi connectivity index (χ2v) is 9.05. The van der Waals surface area contributed by atoms with Crippen LogP contribution in [0, 0.1) is 0 Å². The number of allylic oxidation sites excluding steroid dienone is 1. The van der Waals surface area contributed by atoms with Gasteiger partial charge < -0.3 is 15.0 Å². The molecule has 2 aromatic carbocycles. The average Bonchev–Trinajstić information content (AvgIpc) is 3.11. The lowest BCUT2D eigenvalue weighted by molar-refractivity contribution is -0.133. The van der Waals surface area contributed by atoms with E-state index in [0.29, 0.717) is 5.56 Å². The van der Waals surface area contributed by atoms with E-state index in [4.69, 9.17) is 0 Å². The highest BCUT2D eigenvalue weighted by molar-refractivity contribution is 6.10. The number of hydrogen-bond donors (Lipinski definition) is 1. The molecule has 2 aliphatic rings. The number of hydrogen-bond acceptors (Lipinski definition) is 5. The molecular weight excluding hydrogens is 444 g/mol. The lowest BCUT2D eigenvalue weighted by Gasteiger charge is -2.24. The third kappa shape index (κ3) is 3.81. The number of para-hydroxylation sites is 1. The molecule has 0 radical (unpaired) electrons. The molecule has 7 nitrogen and oxygen atoms in total. The zero-order chi connectivity index (χ0) is 24.8. The molecule has 1 N–H and O–H groups in total. The van der Waals surface area contributed by atoms with Gasteiger partial charge in [0.25, 0.3) is 5.91 Å². The number of fused-ring (bicyclic) bond motifs is 1. The molecule has 0 spiro atoms. The lowest BCUT2D eigenvalue weighted by atomic mass is 9.83. The fourth-order valence-corrected chi connectivity index (χ4v) is 4.62. The van der Waals surface area contributed by atoms with E-state index in [1.165, 1.54) is 37.3 Å². The van der Waals surface area contributed by atoms with E-state index in [1.54, 1.807) is 0 Å². The first-order valence-electron chi connectivity index (χ1n) is 10.7. The molecule has 0 saturated carbocycles. The largest absolute Gasteiger partial charge is 0.435 e. The smallest absolute Gasteiger partial charge is 0.387 e. The summed E-state index contributed by atoms with van der Waals surface area (Å²) in [7, 11) is 1.87. The van der Waals surface area contributed by atoms with Gasteiger partial charge in [-0.2, -0.15) is 8.78 Å². The maximum absolute atomic E-state index is 13.2. The zero-order valence-corrected chi connectivity index (χ0v) is 19.3. The molecule has 178 valence electrons. The minimum atomic E-state index is -2.97. The molecule has 9 heteroatoms. The molecule has 2 aromatic rings. The van der Waals surface area contributed by atoms with Gasteiger partial charge in [0.15, 0.2) is 5.78 Å². The second-order valence-electron chi connectivity index (χ2n) is 9.05. The number of urea groups is 1. The third-order valence-electron chi connectivity index (χ3n) is 6.48. The summed E-state index contributed by atoms with van der Waals surface area (Å²) in [5, 5.41) is 2.61. The maximum Gasteiger partial charge on any atom is 0.387 e. The van der Waals surface area contributed by atoms with E-state index in [2.05, 4.69) is 10.1 Å². The first kappa shape index (κ1) is 23.4. The number of imide groups is 1. The predicted molar refractivity (Wildman–Crippen MR) is 122 cm³/mol. The number of nitrogens with zero attached hydrogens (tertiary/aromatic N) is 2. The summed E-state index contributed by atoms with van der Waals surface area (Å²) in [6, 6.07) is 12.6. The molecule has 4 rings (SSSR count). The van der Waals surface area contributed by atoms with Crippen LogP contribution in [0.5, 0.6) is 5.75 Å². The van der Waals surface area contributed by atoms with Gasteiger partial charge in [-0.3, -0.25) is 14.5 Å². The van der Waals surface area contributed by atoms with Crippen molar-refractivity contribution in [2.75, 3.05) is 18.5 Å².